The Balaban J connectivity index is 2.92. The summed E-state index contributed by atoms with van der Waals surface area (Å²) in [7, 11) is 0. The van der Waals surface area contributed by atoms with Gasteiger partial charge in [-0.15, -0.1) is 0 Å². The Bertz CT molecular complexity index is 400. The quantitative estimate of drug-likeness (QED) is 0.720. The summed E-state index contributed by atoms with van der Waals surface area (Å²) >= 11 is 3.17. The van der Waals surface area contributed by atoms with E-state index in [1.807, 2.05) is 0 Å². The fourth-order valence-electron chi connectivity index (χ4n) is 0.797. The Morgan fingerprint density at radius 1 is 1.71 bits per heavy atom. The van der Waals surface area contributed by atoms with Gasteiger partial charge in [-0.25, -0.2) is 0 Å². The Hall–Kier alpha value is -1.14. The number of anilines is 1. The average molecular weight is 260 g/mol. The average Bonchev–Trinajstić information content (AvgIpc) is 2.11. The lowest BCUT2D eigenvalue weighted by atomic mass is 10.3. The number of amides is 1. The van der Waals surface area contributed by atoms with E-state index in [9.17, 15) is 9.59 Å². The van der Waals surface area contributed by atoms with E-state index in [1.54, 1.807) is 6.92 Å². The van der Waals surface area contributed by atoms with Crippen molar-refractivity contribution in [2.45, 2.75) is 13.0 Å². The van der Waals surface area contributed by atoms with Gasteiger partial charge in [-0.3, -0.25) is 9.59 Å². The maximum Gasteiger partial charge on any atom is 0.271 e. The molecule has 0 aromatic carbocycles. The molecule has 1 heterocycles. The van der Waals surface area contributed by atoms with Crippen LogP contribution in [0.3, 0.4) is 0 Å². The second-order valence-electron chi connectivity index (χ2n) is 2.84. The number of rotatable bonds is 2. The highest BCUT2D eigenvalue weighted by Gasteiger charge is 2.09. The van der Waals surface area contributed by atoms with Gasteiger partial charge in [0, 0.05) is 10.7 Å². The molecular formula is C8H10BrN3O2. The van der Waals surface area contributed by atoms with Crippen molar-refractivity contribution >= 4 is 27.5 Å². The van der Waals surface area contributed by atoms with Crippen molar-refractivity contribution in [3.05, 3.63) is 27.1 Å². The standard InChI is InChI=1S/C8H10BrN3O2/c1-4(10)7(13)12-6-2-5(9)3-11-8(6)14/h2-4H,10H2,1H3,(H,11,14)(H,12,13). The first-order valence-corrected chi connectivity index (χ1v) is 4.74. The summed E-state index contributed by atoms with van der Waals surface area (Å²) in [5.74, 6) is -0.395. The zero-order valence-corrected chi connectivity index (χ0v) is 9.09. The predicted molar refractivity (Wildman–Crippen MR) is 57.0 cm³/mol. The fourth-order valence-corrected chi connectivity index (χ4v) is 1.14. The van der Waals surface area contributed by atoms with Crippen LogP contribution in [0, 0.1) is 0 Å². The van der Waals surface area contributed by atoms with Crippen molar-refractivity contribution in [1.29, 1.82) is 0 Å². The summed E-state index contributed by atoms with van der Waals surface area (Å²) in [5.41, 5.74) is 5.16. The van der Waals surface area contributed by atoms with Crippen LogP contribution in [-0.2, 0) is 4.79 Å². The van der Waals surface area contributed by atoms with Crippen molar-refractivity contribution in [2.24, 2.45) is 5.73 Å². The van der Waals surface area contributed by atoms with Crippen LogP contribution >= 0.6 is 15.9 Å². The second-order valence-corrected chi connectivity index (χ2v) is 3.75. The molecule has 1 rings (SSSR count). The zero-order chi connectivity index (χ0) is 10.7. The lowest BCUT2D eigenvalue weighted by Gasteiger charge is -2.06. The molecule has 14 heavy (non-hydrogen) atoms. The molecule has 0 radical (unpaired) electrons. The Morgan fingerprint density at radius 3 is 2.93 bits per heavy atom. The number of halogens is 1. The van der Waals surface area contributed by atoms with Crippen molar-refractivity contribution in [3.8, 4) is 0 Å². The van der Waals surface area contributed by atoms with Crippen LogP contribution in [0.4, 0.5) is 5.69 Å². The molecule has 5 nitrogen and oxygen atoms in total. The van der Waals surface area contributed by atoms with Gasteiger partial charge in [0.1, 0.15) is 5.69 Å². The molecule has 0 bridgehead atoms. The Morgan fingerprint density at radius 2 is 2.36 bits per heavy atom. The van der Waals surface area contributed by atoms with Crippen LogP contribution in [0.5, 0.6) is 0 Å². The third-order valence-corrected chi connectivity index (χ3v) is 2.00. The van der Waals surface area contributed by atoms with Gasteiger partial charge >= 0.3 is 0 Å². The van der Waals surface area contributed by atoms with E-state index in [-0.39, 0.29) is 11.2 Å². The summed E-state index contributed by atoms with van der Waals surface area (Å²) in [4.78, 5) is 24.8. The van der Waals surface area contributed by atoms with Gasteiger partial charge in [-0.05, 0) is 28.9 Å². The fraction of sp³-hybridized carbons (Fsp3) is 0.250. The van der Waals surface area contributed by atoms with Crippen LogP contribution in [0.25, 0.3) is 0 Å². The summed E-state index contributed by atoms with van der Waals surface area (Å²) in [5, 5.41) is 2.41. The smallest absolute Gasteiger partial charge is 0.271 e. The molecule has 1 amide bonds. The lowest BCUT2D eigenvalue weighted by Crippen LogP contribution is -2.34. The number of hydrogen-bond acceptors (Lipinski definition) is 3. The number of aromatic amines is 1. The van der Waals surface area contributed by atoms with E-state index in [2.05, 4.69) is 26.2 Å². The maximum absolute atomic E-state index is 11.2. The van der Waals surface area contributed by atoms with Crippen molar-refractivity contribution in [1.82, 2.24) is 4.98 Å². The van der Waals surface area contributed by atoms with Crippen LogP contribution < -0.4 is 16.6 Å². The second kappa shape index (κ2) is 4.39. The Kier molecular flexibility index (Phi) is 3.43. The predicted octanol–water partition coefficient (Wildman–Crippen LogP) is 0.423. The van der Waals surface area contributed by atoms with Gasteiger partial charge in [0.25, 0.3) is 5.56 Å². The van der Waals surface area contributed by atoms with E-state index in [4.69, 9.17) is 5.73 Å². The first-order chi connectivity index (χ1) is 6.50. The van der Waals surface area contributed by atoms with Gasteiger partial charge in [0.05, 0.1) is 6.04 Å². The number of aromatic nitrogens is 1. The van der Waals surface area contributed by atoms with Gasteiger partial charge in [0.2, 0.25) is 5.91 Å². The van der Waals surface area contributed by atoms with Crippen LogP contribution in [-0.4, -0.2) is 16.9 Å². The first-order valence-electron chi connectivity index (χ1n) is 3.95. The van der Waals surface area contributed by atoms with Crippen molar-refractivity contribution in [2.75, 3.05) is 5.32 Å². The van der Waals surface area contributed by atoms with Gasteiger partial charge in [-0.2, -0.15) is 0 Å². The molecular weight excluding hydrogens is 250 g/mol. The number of carbonyl (C=O) groups excluding carboxylic acids is 1. The van der Waals surface area contributed by atoms with E-state index < -0.39 is 11.9 Å². The monoisotopic (exact) mass is 259 g/mol. The highest BCUT2D eigenvalue weighted by atomic mass is 79.9. The molecule has 4 N–H and O–H groups in total. The van der Waals surface area contributed by atoms with E-state index in [0.717, 1.165) is 0 Å². The normalized spacial score (nSPS) is 12.2. The molecule has 0 aliphatic heterocycles. The first kappa shape index (κ1) is 10.9. The molecule has 1 unspecified atom stereocenters. The summed E-state index contributed by atoms with van der Waals surface area (Å²) in [6.07, 6.45) is 1.49. The zero-order valence-electron chi connectivity index (χ0n) is 7.50. The number of pyridine rings is 1. The summed E-state index contributed by atoms with van der Waals surface area (Å²) in [6.45, 7) is 1.54. The highest BCUT2D eigenvalue weighted by molar-refractivity contribution is 9.10. The summed E-state index contributed by atoms with van der Waals surface area (Å²) < 4.78 is 0.678. The molecule has 76 valence electrons. The van der Waals surface area contributed by atoms with Crippen LogP contribution in [0.15, 0.2) is 21.5 Å². The minimum atomic E-state index is -0.645. The van der Waals surface area contributed by atoms with Gasteiger partial charge in [0.15, 0.2) is 0 Å². The number of nitrogens with two attached hydrogens (primary N) is 1. The third kappa shape index (κ3) is 2.68. The maximum atomic E-state index is 11.2. The van der Waals surface area contributed by atoms with Gasteiger partial charge in [-0.1, -0.05) is 0 Å². The van der Waals surface area contributed by atoms with E-state index >= 15 is 0 Å². The molecule has 0 fully saturated rings. The topological polar surface area (TPSA) is 88.0 Å². The van der Waals surface area contributed by atoms with Crippen LogP contribution in [0.1, 0.15) is 6.92 Å². The number of H-pyrrole nitrogens is 1. The molecule has 0 spiro atoms. The molecule has 1 atom stereocenters. The van der Waals surface area contributed by atoms with E-state index in [1.165, 1.54) is 12.3 Å². The number of nitrogens with one attached hydrogen (secondary N) is 2. The largest absolute Gasteiger partial charge is 0.326 e. The number of hydrogen-bond donors (Lipinski definition) is 3. The highest BCUT2D eigenvalue weighted by Crippen LogP contribution is 2.09. The Labute approximate surface area is 88.8 Å². The van der Waals surface area contributed by atoms with Crippen LogP contribution in [0.2, 0.25) is 0 Å². The summed E-state index contributed by atoms with van der Waals surface area (Å²) in [6, 6.07) is 0.868. The van der Waals surface area contributed by atoms with Crippen molar-refractivity contribution < 1.29 is 4.79 Å². The molecule has 0 aliphatic carbocycles. The molecule has 0 saturated carbocycles. The molecule has 0 aliphatic rings. The van der Waals surface area contributed by atoms with E-state index in [0.29, 0.717) is 4.47 Å². The third-order valence-electron chi connectivity index (χ3n) is 1.54. The SMILES string of the molecule is CC(N)C(=O)Nc1cc(Br)c[nH]c1=O. The number of carbonyl (C=O) groups is 1. The minimum Gasteiger partial charge on any atom is -0.326 e. The minimum absolute atomic E-state index is 0.182. The molecule has 6 heteroatoms. The molecule has 1 aromatic heterocycles. The molecule has 0 saturated heterocycles. The van der Waals surface area contributed by atoms with Gasteiger partial charge < -0.3 is 16.0 Å². The molecule has 1 aromatic rings. The lowest BCUT2D eigenvalue weighted by molar-refractivity contribution is -0.117. The van der Waals surface area contributed by atoms with Crippen molar-refractivity contribution in [3.63, 3.8) is 0 Å².